The summed E-state index contributed by atoms with van der Waals surface area (Å²) in [5, 5.41) is 11.9. The van der Waals surface area contributed by atoms with Gasteiger partial charge in [0.2, 0.25) is 0 Å². The van der Waals surface area contributed by atoms with Crippen molar-refractivity contribution in [3.05, 3.63) is 11.4 Å². The molecule has 9 heteroatoms. The maximum Gasteiger partial charge on any atom is 0.355 e. The van der Waals surface area contributed by atoms with Crippen LogP contribution < -0.4 is 0 Å². The van der Waals surface area contributed by atoms with E-state index >= 15 is 0 Å². The molecule has 0 radical (unpaired) electrons. The lowest BCUT2D eigenvalue weighted by atomic mass is 10.3. The van der Waals surface area contributed by atoms with Gasteiger partial charge in [-0.2, -0.15) is 5.10 Å². The minimum absolute atomic E-state index is 0.611. The highest BCUT2D eigenvalue weighted by atomic mass is 32.2. The predicted octanol–water partition coefficient (Wildman–Crippen LogP) is 1.49. The highest BCUT2D eigenvalue weighted by molar-refractivity contribution is 7.90. The number of nitrogens with zero attached hydrogens (tertiary/aromatic N) is 2. The second-order valence-electron chi connectivity index (χ2n) is 3.06. The lowest BCUT2D eigenvalue weighted by molar-refractivity contribution is 0.0680. The first kappa shape index (κ1) is 16.5. The van der Waals surface area contributed by atoms with Crippen molar-refractivity contribution in [2.24, 2.45) is 7.05 Å². The van der Waals surface area contributed by atoms with Gasteiger partial charge in [0, 0.05) is 13.3 Å². The van der Waals surface area contributed by atoms with Crippen LogP contribution in [0.5, 0.6) is 0 Å². The van der Waals surface area contributed by atoms with Gasteiger partial charge in [0.05, 0.1) is 0 Å². The van der Waals surface area contributed by atoms with E-state index in [4.69, 9.17) is 5.11 Å². The Balaban J connectivity index is 0.00000137. The molecule has 0 unspecified atom stereocenters. The monoisotopic (exact) mass is 284 g/mol. The number of carbonyl (C=O) groups is 1. The first-order chi connectivity index (χ1) is 8.16. The summed E-state index contributed by atoms with van der Waals surface area (Å²) in [6.45, 7) is 4.00. The smallest absolute Gasteiger partial charge is 0.355 e. The van der Waals surface area contributed by atoms with Crippen LogP contribution in [0.1, 0.15) is 36.5 Å². The van der Waals surface area contributed by atoms with Gasteiger partial charge in [-0.15, -0.1) is 0 Å². The Hall–Kier alpha value is -1.51. The second-order valence-corrected chi connectivity index (χ2v) is 5.02. The van der Waals surface area contributed by atoms with Gasteiger partial charge < -0.3 is 5.11 Å². The Morgan fingerprint density at radius 3 is 2.11 bits per heavy atom. The van der Waals surface area contributed by atoms with Crippen molar-refractivity contribution in [1.29, 1.82) is 0 Å². The van der Waals surface area contributed by atoms with Crippen molar-refractivity contribution in [1.82, 2.24) is 9.78 Å². The van der Waals surface area contributed by atoms with Gasteiger partial charge >= 0.3 is 5.97 Å². The minimum atomic E-state index is -4.08. The molecule has 18 heavy (non-hydrogen) atoms. The van der Waals surface area contributed by atoms with Crippen LogP contribution in [0, 0.1) is 0 Å². The van der Waals surface area contributed by atoms with Crippen LogP contribution in [0.3, 0.4) is 0 Å². The number of carboxylic acid groups (broad SMARTS) is 1. The van der Waals surface area contributed by atoms with Crippen LogP contribution in [0.15, 0.2) is 4.90 Å². The Kier molecular flexibility index (Phi) is 5.40. The fourth-order valence-corrected chi connectivity index (χ4v) is 2.35. The van der Waals surface area contributed by atoms with E-state index in [1.54, 1.807) is 0 Å². The number of carboxylic acids is 1. The van der Waals surface area contributed by atoms with Crippen LogP contribution in [-0.4, -0.2) is 35.5 Å². The molecule has 0 spiro atoms. The van der Waals surface area contributed by atoms with Gasteiger partial charge in [0.15, 0.2) is 15.5 Å². The Bertz CT molecular complexity index is 537. The highest BCUT2D eigenvalue weighted by Gasteiger charge is 2.32. The zero-order valence-electron chi connectivity index (χ0n) is 10.3. The third kappa shape index (κ3) is 3.25. The molecule has 0 aliphatic heterocycles. The average Bonchev–Trinajstić information content (AvgIpc) is 2.58. The van der Waals surface area contributed by atoms with Crippen molar-refractivity contribution in [2.45, 2.75) is 25.2 Å². The summed E-state index contributed by atoms with van der Waals surface area (Å²) >= 11 is 0. The molecule has 1 aromatic heterocycles. The molecule has 0 atom stereocenters. The summed E-state index contributed by atoms with van der Waals surface area (Å²) in [6.07, 6.45) is -2.49. The van der Waals surface area contributed by atoms with Gasteiger partial charge in [-0.3, -0.25) is 4.68 Å². The number of alkyl halides is 2. The second kappa shape index (κ2) is 5.89. The van der Waals surface area contributed by atoms with Crippen LogP contribution >= 0.6 is 0 Å². The van der Waals surface area contributed by atoms with Crippen molar-refractivity contribution >= 4 is 15.8 Å². The largest absolute Gasteiger partial charge is 0.476 e. The lowest BCUT2D eigenvalue weighted by Crippen LogP contribution is -2.11. The van der Waals surface area contributed by atoms with Gasteiger partial charge in [-0.25, -0.2) is 22.0 Å². The number of hydrogen-bond acceptors (Lipinski definition) is 4. The molecule has 0 saturated heterocycles. The normalized spacial score (nSPS) is 11.1. The molecule has 0 amide bonds. The van der Waals surface area contributed by atoms with Crippen molar-refractivity contribution in [3.8, 4) is 0 Å². The Labute approximate surface area is 103 Å². The molecular formula is C9H14F2N2O4S. The molecule has 1 rings (SSSR count). The molecule has 0 fully saturated rings. The number of aryl methyl sites for hydroxylation is 1. The quantitative estimate of drug-likeness (QED) is 0.908. The first-order valence-electron chi connectivity index (χ1n) is 4.94. The van der Waals surface area contributed by atoms with Crippen molar-refractivity contribution in [3.63, 3.8) is 0 Å². The predicted molar refractivity (Wildman–Crippen MR) is 59.6 cm³/mol. The van der Waals surface area contributed by atoms with E-state index in [0.717, 1.165) is 7.05 Å². The molecule has 1 N–H and O–H groups in total. The molecule has 0 saturated carbocycles. The van der Waals surface area contributed by atoms with Gasteiger partial charge in [0.25, 0.3) is 6.43 Å². The number of hydrogen-bond donors (Lipinski definition) is 1. The van der Waals surface area contributed by atoms with E-state index in [0.29, 0.717) is 10.9 Å². The summed E-state index contributed by atoms with van der Waals surface area (Å²) in [7, 11) is -2.99. The van der Waals surface area contributed by atoms with Crippen LogP contribution in [-0.2, 0) is 16.9 Å². The van der Waals surface area contributed by atoms with Crippen LogP contribution in [0.4, 0.5) is 8.78 Å². The van der Waals surface area contributed by atoms with Crippen molar-refractivity contribution < 1.29 is 27.1 Å². The van der Waals surface area contributed by atoms with E-state index in [1.165, 1.54) is 0 Å². The number of rotatable bonds is 3. The third-order valence-electron chi connectivity index (χ3n) is 1.81. The van der Waals surface area contributed by atoms with Crippen LogP contribution in [0.2, 0.25) is 0 Å². The molecular weight excluding hydrogens is 270 g/mol. The minimum Gasteiger partial charge on any atom is -0.476 e. The SMILES string of the molecule is CC.Cn1nc(C(F)F)c(S(C)(=O)=O)c1C(=O)O. The maximum atomic E-state index is 12.5. The van der Waals surface area contributed by atoms with E-state index in [-0.39, 0.29) is 0 Å². The summed E-state index contributed by atoms with van der Waals surface area (Å²) in [5.41, 5.74) is -1.81. The molecule has 0 bridgehead atoms. The molecule has 0 aliphatic rings. The number of sulfone groups is 1. The molecule has 104 valence electrons. The molecule has 6 nitrogen and oxygen atoms in total. The fraction of sp³-hybridized carbons (Fsp3) is 0.556. The summed E-state index contributed by atoms with van der Waals surface area (Å²) in [5.74, 6) is -1.62. The summed E-state index contributed by atoms with van der Waals surface area (Å²) in [6, 6.07) is 0. The van der Waals surface area contributed by atoms with Crippen LogP contribution in [0.25, 0.3) is 0 Å². The third-order valence-corrected chi connectivity index (χ3v) is 2.95. The van der Waals surface area contributed by atoms with E-state index in [1.807, 2.05) is 13.8 Å². The molecule has 0 aromatic carbocycles. The van der Waals surface area contributed by atoms with Gasteiger partial charge in [-0.1, -0.05) is 13.8 Å². The zero-order chi connectivity index (χ0) is 14.7. The number of aromatic nitrogens is 2. The summed E-state index contributed by atoms with van der Waals surface area (Å²) in [4.78, 5) is 9.82. The topological polar surface area (TPSA) is 89.3 Å². The average molecular weight is 284 g/mol. The highest BCUT2D eigenvalue weighted by Crippen LogP contribution is 2.28. The van der Waals surface area contributed by atoms with E-state index < -0.39 is 38.5 Å². The maximum absolute atomic E-state index is 12.5. The van der Waals surface area contributed by atoms with E-state index in [9.17, 15) is 22.0 Å². The van der Waals surface area contributed by atoms with Gasteiger partial charge in [-0.05, 0) is 0 Å². The first-order valence-corrected chi connectivity index (χ1v) is 6.83. The number of halogens is 2. The molecule has 1 heterocycles. The zero-order valence-corrected chi connectivity index (χ0v) is 11.1. The Morgan fingerprint density at radius 1 is 1.39 bits per heavy atom. The summed E-state index contributed by atoms with van der Waals surface area (Å²) < 4.78 is 48.1. The lowest BCUT2D eigenvalue weighted by Gasteiger charge is -2.00. The van der Waals surface area contributed by atoms with Crippen molar-refractivity contribution in [2.75, 3.05) is 6.26 Å². The Morgan fingerprint density at radius 2 is 1.83 bits per heavy atom. The number of aromatic carboxylic acids is 1. The van der Waals surface area contributed by atoms with E-state index in [2.05, 4.69) is 5.10 Å². The molecule has 0 aliphatic carbocycles. The van der Waals surface area contributed by atoms with Gasteiger partial charge in [0.1, 0.15) is 10.6 Å². The fourth-order valence-electron chi connectivity index (χ4n) is 1.27. The molecule has 1 aromatic rings. The standard InChI is InChI=1S/C7H8F2N2O4S.C2H6/c1-11-4(7(12)13)5(16(2,14)15)3(10-11)6(8)9;1-2/h6H,1-2H3,(H,12,13);1-2H3.